The third-order valence-corrected chi connectivity index (χ3v) is 4.36. The summed E-state index contributed by atoms with van der Waals surface area (Å²) in [5, 5.41) is 14.9. The van der Waals surface area contributed by atoms with E-state index in [0.717, 1.165) is 12.1 Å². The quantitative estimate of drug-likeness (QED) is 0.814. The molecular formula is C14H24N2O. The first-order valence-corrected chi connectivity index (χ1v) is 6.62. The maximum Gasteiger partial charge on any atom is 0.0806 e. The molecule has 96 valence electrons. The minimum atomic E-state index is -0.258. The fourth-order valence-electron chi connectivity index (χ4n) is 3.24. The molecule has 0 aromatic carbocycles. The first-order chi connectivity index (χ1) is 7.91. The van der Waals surface area contributed by atoms with E-state index in [1.54, 1.807) is 0 Å². The molecule has 3 nitrogen and oxygen atoms in total. The lowest BCUT2D eigenvalue weighted by molar-refractivity contribution is 0.0167. The Hall–Kier alpha value is -0.830. The van der Waals surface area contributed by atoms with E-state index in [1.165, 1.54) is 17.7 Å². The molecule has 4 atom stereocenters. The van der Waals surface area contributed by atoms with Gasteiger partial charge in [-0.2, -0.15) is 5.10 Å². The van der Waals surface area contributed by atoms with Gasteiger partial charge in [-0.05, 0) is 51.0 Å². The molecule has 1 aliphatic rings. The summed E-state index contributed by atoms with van der Waals surface area (Å²) < 4.78 is 2.06. The normalized spacial score (nSPS) is 34.0. The van der Waals surface area contributed by atoms with E-state index in [1.807, 2.05) is 6.92 Å². The first kappa shape index (κ1) is 12.6. The molecular weight excluding hydrogens is 212 g/mol. The van der Waals surface area contributed by atoms with Crippen LogP contribution in [0.4, 0.5) is 0 Å². The average molecular weight is 236 g/mol. The number of aryl methyl sites for hydroxylation is 1. The topological polar surface area (TPSA) is 38.0 Å². The molecule has 0 aliphatic heterocycles. The van der Waals surface area contributed by atoms with Crippen molar-refractivity contribution in [3.05, 3.63) is 17.0 Å². The van der Waals surface area contributed by atoms with Gasteiger partial charge < -0.3 is 5.11 Å². The number of aliphatic hydroxyl groups excluding tert-OH is 1. The van der Waals surface area contributed by atoms with Crippen molar-refractivity contribution in [2.75, 3.05) is 0 Å². The van der Waals surface area contributed by atoms with Crippen molar-refractivity contribution in [1.29, 1.82) is 0 Å². The fraction of sp³-hybridized carbons (Fsp3) is 0.786. The van der Waals surface area contributed by atoms with Gasteiger partial charge in [-0.25, -0.2) is 0 Å². The molecule has 1 aromatic rings. The maximum absolute atomic E-state index is 10.3. The Morgan fingerprint density at radius 3 is 2.29 bits per heavy atom. The second-order valence-corrected chi connectivity index (χ2v) is 5.85. The van der Waals surface area contributed by atoms with Crippen molar-refractivity contribution in [2.45, 2.75) is 59.6 Å². The van der Waals surface area contributed by atoms with E-state index in [-0.39, 0.29) is 12.1 Å². The minimum Gasteiger partial charge on any atom is -0.391 e. The summed E-state index contributed by atoms with van der Waals surface area (Å²) >= 11 is 0. The molecule has 3 heteroatoms. The standard InChI is InChI=1S/C14H24N2O/c1-8-6-9(2)14(13(17)7-8)16-12(5)10(3)11(4)15-16/h8-9,13-14,17H,6-7H2,1-5H3. The van der Waals surface area contributed by atoms with E-state index >= 15 is 0 Å². The zero-order valence-electron chi connectivity index (χ0n) is 11.6. The smallest absolute Gasteiger partial charge is 0.0806 e. The number of nitrogens with zero attached hydrogens (tertiary/aromatic N) is 2. The van der Waals surface area contributed by atoms with Crippen LogP contribution in [0, 0.1) is 32.6 Å². The van der Waals surface area contributed by atoms with Gasteiger partial charge in [0.1, 0.15) is 0 Å². The number of aromatic nitrogens is 2. The van der Waals surface area contributed by atoms with Crippen molar-refractivity contribution < 1.29 is 5.11 Å². The third kappa shape index (κ3) is 2.13. The van der Waals surface area contributed by atoms with Gasteiger partial charge in [-0.1, -0.05) is 13.8 Å². The zero-order chi connectivity index (χ0) is 12.7. The van der Waals surface area contributed by atoms with Crippen LogP contribution in [0.5, 0.6) is 0 Å². The predicted molar refractivity (Wildman–Crippen MR) is 69.0 cm³/mol. The summed E-state index contributed by atoms with van der Waals surface area (Å²) in [6.07, 6.45) is 1.82. The lowest BCUT2D eigenvalue weighted by atomic mass is 9.78. The third-order valence-electron chi connectivity index (χ3n) is 4.36. The highest BCUT2D eigenvalue weighted by Gasteiger charge is 2.35. The van der Waals surface area contributed by atoms with E-state index in [0.29, 0.717) is 11.8 Å². The Morgan fingerprint density at radius 1 is 1.18 bits per heavy atom. The molecule has 0 amide bonds. The Morgan fingerprint density at radius 2 is 1.82 bits per heavy atom. The summed E-state index contributed by atoms with van der Waals surface area (Å²) in [6, 6.07) is 0.151. The van der Waals surface area contributed by atoms with Gasteiger partial charge >= 0.3 is 0 Å². The van der Waals surface area contributed by atoms with Crippen molar-refractivity contribution in [1.82, 2.24) is 9.78 Å². The van der Waals surface area contributed by atoms with Gasteiger partial charge in [0.25, 0.3) is 0 Å². The molecule has 4 unspecified atom stereocenters. The number of hydrogen-bond donors (Lipinski definition) is 1. The molecule has 2 rings (SSSR count). The summed E-state index contributed by atoms with van der Waals surface area (Å²) in [5.41, 5.74) is 3.54. The average Bonchev–Trinajstić information content (AvgIpc) is 2.45. The number of hydrogen-bond acceptors (Lipinski definition) is 2. The Balaban J connectivity index is 2.35. The number of aliphatic hydroxyl groups is 1. The van der Waals surface area contributed by atoms with Gasteiger partial charge in [0.2, 0.25) is 0 Å². The minimum absolute atomic E-state index is 0.151. The highest BCUT2D eigenvalue weighted by Crippen LogP contribution is 2.37. The molecule has 1 heterocycles. The van der Waals surface area contributed by atoms with Crippen molar-refractivity contribution >= 4 is 0 Å². The summed E-state index contributed by atoms with van der Waals surface area (Å²) in [5.74, 6) is 1.11. The molecule has 0 radical (unpaired) electrons. The molecule has 0 saturated heterocycles. The lowest BCUT2D eigenvalue weighted by Gasteiger charge is -2.37. The van der Waals surface area contributed by atoms with Crippen LogP contribution < -0.4 is 0 Å². The Bertz CT molecular complexity index is 399. The highest BCUT2D eigenvalue weighted by atomic mass is 16.3. The SMILES string of the molecule is Cc1nn(C2C(C)CC(C)CC2O)c(C)c1C. The van der Waals surface area contributed by atoms with Crippen molar-refractivity contribution in [3.8, 4) is 0 Å². The van der Waals surface area contributed by atoms with E-state index < -0.39 is 0 Å². The van der Waals surface area contributed by atoms with Gasteiger partial charge in [0, 0.05) is 5.69 Å². The van der Waals surface area contributed by atoms with Crippen LogP contribution in [0.3, 0.4) is 0 Å². The van der Waals surface area contributed by atoms with Crippen LogP contribution in [-0.4, -0.2) is 21.0 Å². The molecule has 1 aliphatic carbocycles. The zero-order valence-corrected chi connectivity index (χ0v) is 11.6. The summed E-state index contributed by atoms with van der Waals surface area (Å²) in [6.45, 7) is 10.7. The molecule has 1 N–H and O–H groups in total. The fourth-order valence-corrected chi connectivity index (χ4v) is 3.24. The molecule has 1 fully saturated rings. The number of rotatable bonds is 1. The Kier molecular flexibility index (Phi) is 3.30. The van der Waals surface area contributed by atoms with Crippen LogP contribution in [-0.2, 0) is 0 Å². The summed E-state index contributed by atoms with van der Waals surface area (Å²) in [7, 11) is 0. The monoisotopic (exact) mass is 236 g/mol. The van der Waals surface area contributed by atoms with Crippen LogP contribution in [0.2, 0.25) is 0 Å². The van der Waals surface area contributed by atoms with Crippen LogP contribution in [0.1, 0.15) is 49.7 Å². The van der Waals surface area contributed by atoms with Crippen molar-refractivity contribution in [2.24, 2.45) is 11.8 Å². The molecule has 1 saturated carbocycles. The second kappa shape index (κ2) is 4.45. The van der Waals surface area contributed by atoms with Crippen LogP contribution in [0.15, 0.2) is 0 Å². The van der Waals surface area contributed by atoms with Gasteiger partial charge in [-0.3, -0.25) is 4.68 Å². The van der Waals surface area contributed by atoms with Gasteiger partial charge in [0.05, 0.1) is 17.8 Å². The van der Waals surface area contributed by atoms with Crippen LogP contribution in [0.25, 0.3) is 0 Å². The summed E-state index contributed by atoms with van der Waals surface area (Å²) in [4.78, 5) is 0. The molecule has 17 heavy (non-hydrogen) atoms. The lowest BCUT2D eigenvalue weighted by Crippen LogP contribution is -2.37. The highest BCUT2D eigenvalue weighted by molar-refractivity contribution is 5.23. The first-order valence-electron chi connectivity index (χ1n) is 6.62. The maximum atomic E-state index is 10.3. The predicted octanol–water partition coefficient (Wildman–Crippen LogP) is 2.78. The van der Waals surface area contributed by atoms with E-state index in [4.69, 9.17) is 0 Å². The molecule has 0 bridgehead atoms. The van der Waals surface area contributed by atoms with Crippen LogP contribution >= 0.6 is 0 Å². The Labute approximate surface area is 104 Å². The van der Waals surface area contributed by atoms with E-state index in [9.17, 15) is 5.11 Å². The van der Waals surface area contributed by atoms with Crippen molar-refractivity contribution in [3.63, 3.8) is 0 Å². The second-order valence-electron chi connectivity index (χ2n) is 5.85. The van der Waals surface area contributed by atoms with E-state index in [2.05, 4.69) is 37.5 Å². The van der Waals surface area contributed by atoms with Gasteiger partial charge in [0.15, 0.2) is 0 Å². The largest absolute Gasteiger partial charge is 0.391 e. The molecule has 0 spiro atoms. The van der Waals surface area contributed by atoms with Gasteiger partial charge in [-0.15, -0.1) is 0 Å². The molecule has 1 aromatic heterocycles.